The molecule has 3 nitrogen and oxygen atoms in total. The van der Waals surface area contributed by atoms with Crippen LogP contribution >= 0.6 is 0 Å². The first kappa shape index (κ1) is 13.5. The Morgan fingerprint density at radius 1 is 1.56 bits per heavy atom. The molecule has 2 aliphatic rings. The quantitative estimate of drug-likeness (QED) is 0.790. The fourth-order valence-electron chi connectivity index (χ4n) is 2.05. The Hall–Kier alpha value is -0.970. The van der Waals surface area contributed by atoms with Crippen LogP contribution in [0.25, 0.3) is 0 Å². The maximum absolute atomic E-state index is 12.6. The van der Waals surface area contributed by atoms with Gasteiger partial charge in [-0.25, -0.2) is 8.78 Å². The average Bonchev–Trinajstić information content (AvgIpc) is 3.03. The number of aliphatic hydroxyl groups is 1. The molecule has 18 heavy (non-hydrogen) atoms. The minimum absolute atomic E-state index is 0.123. The number of carbonyl (C=O) groups excluding carboxylic acids is 1. The van der Waals surface area contributed by atoms with Crippen LogP contribution < -0.4 is 0 Å². The molecule has 0 spiro atoms. The zero-order valence-corrected chi connectivity index (χ0v) is 10.8. The highest BCUT2D eigenvalue weighted by molar-refractivity contribution is 5.78. The first-order valence-corrected chi connectivity index (χ1v) is 6.12. The molecule has 2 aliphatic carbocycles. The maximum Gasteiger partial charge on any atom is 0.312 e. The van der Waals surface area contributed by atoms with Gasteiger partial charge in [-0.2, -0.15) is 0 Å². The predicted octanol–water partition coefficient (Wildman–Crippen LogP) is 2.43. The largest absolute Gasteiger partial charge is 0.460 e. The van der Waals surface area contributed by atoms with Gasteiger partial charge in [0.2, 0.25) is 0 Å². The Labute approximate surface area is 105 Å². The van der Waals surface area contributed by atoms with E-state index >= 15 is 0 Å². The van der Waals surface area contributed by atoms with Crippen LogP contribution in [-0.2, 0) is 9.53 Å². The smallest absolute Gasteiger partial charge is 0.312 e. The van der Waals surface area contributed by atoms with Gasteiger partial charge in [-0.3, -0.25) is 4.79 Å². The van der Waals surface area contributed by atoms with Gasteiger partial charge in [0, 0.05) is 5.57 Å². The van der Waals surface area contributed by atoms with Crippen LogP contribution in [0.15, 0.2) is 11.4 Å². The number of esters is 1. The van der Waals surface area contributed by atoms with Gasteiger partial charge in [-0.15, -0.1) is 0 Å². The zero-order chi connectivity index (χ0) is 13.7. The third kappa shape index (κ3) is 2.71. The summed E-state index contributed by atoms with van der Waals surface area (Å²) >= 11 is 0. The second-order valence-corrected chi connectivity index (χ2v) is 6.13. The molecular weight excluding hydrogens is 242 g/mol. The third-order valence-electron chi connectivity index (χ3n) is 3.32. The molecule has 1 fully saturated rings. The van der Waals surface area contributed by atoms with Crippen molar-refractivity contribution < 1.29 is 23.4 Å². The summed E-state index contributed by atoms with van der Waals surface area (Å²) < 4.78 is 30.4. The summed E-state index contributed by atoms with van der Waals surface area (Å²) in [5.74, 6) is -1.71. The predicted molar refractivity (Wildman–Crippen MR) is 61.2 cm³/mol. The lowest BCUT2D eigenvalue weighted by molar-refractivity contribution is -0.158. The molecule has 0 aromatic rings. The van der Waals surface area contributed by atoms with Crippen LogP contribution in [0.1, 0.15) is 40.0 Å². The fourth-order valence-corrected chi connectivity index (χ4v) is 2.05. The minimum atomic E-state index is -1.55. The molecule has 0 amide bonds. The summed E-state index contributed by atoms with van der Waals surface area (Å²) in [5, 5.41) is 10.0. The van der Waals surface area contributed by atoms with Crippen molar-refractivity contribution in [3.63, 3.8) is 0 Å². The highest BCUT2D eigenvalue weighted by atomic mass is 19.2. The van der Waals surface area contributed by atoms with Crippen molar-refractivity contribution in [2.24, 2.45) is 5.92 Å². The van der Waals surface area contributed by atoms with Crippen molar-refractivity contribution >= 4 is 5.97 Å². The molecule has 2 rings (SSSR count). The monoisotopic (exact) mass is 260 g/mol. The minimum Gasteiger partial charge on any atom is -0.460 e. The lowest BCUT2D eigenvalue weighted by atomic mass is 10.1. The number of rotatable bonds is 4. The summed E-state index contributed by atoms with van der Waals surface area (Å²) in [6.07, 6.45) is -0.858. The molecule has 3 atom stereocenters. The van der Waals surface area contributed by atoms with E-state index < -0.39 is 35.1 Å². The summed E-state index contributed by atoms with van der Waals surface area (Å²) in [6, 6.07) is 0. The van der Waals surface area contributed by atoms with Gasteiger partial charge in [0.15, 0.2) is 6.17 Å². The van der Waals surface area contributed by atoms with Crippen molar-refractivity contribution in [3.05, 3.63) is 11.4 Å². The normalized spacial score (nSPS) is 34.6. The molecule has 102 valence electrons. The van der Waals surface area contributed by atoms with Crippen LogP contribution in [0.3, 0.4) is 0 Å². The van der Waals surface area contributed by atoms with E-state index in [1.54, 1.807) is 20.8 Å². The van der Waals surface area contributed by atoms with Gasteiger partial charge in [0.1, 0.15) is 11.4 Å². The van der Waals surface area contributed by atoms with E-state index in [1.165, 1.54) is 0 Å². The second-order valence-electron chi connectivity index (χ2n) is 6.13. The van der Waals surface area contributed by atoms with E-state index in [0.29, 0.717) is 6.42 Å². The summed E-state index contributed by atoms with van der Waals surface area (Å²) in [4.78, 5) is 11.7. The van der Waals surface area contributed by atoms with Crippen LogP contribution in [0, 0.1) is 5.92 Å². The van der Waals surface area contributed by atoms with Gasteiger partial charge >= 0.3 is 5.97 Å². The molecule has 0 aromatic carbocycles. The Balaban J connectivity index is 1.80. The molecule has 3 unspecified atom stereocenters. The highest BCUT2D eigenvalue weighted by Crippen LogP contribution is 2.50. The number of allylic oxidation sites excluding steroid dienone is 2. The first-order chi connectivity index (χ1) is 8.14. The number of ether oxygens (including phenoxy) is 1. The van der Waals surface area contributed by atoms with Gasteiger partial charge in [-0.05, 0) is 40.0 Å². The molecule has 0 saturated heterocycles. The number of hydrogen-bond acceptors (Lipinski definition) is 3. The van der Waals surface area contributed by atoms with Crippen molar-refractivity contribution in [1.82, 2.24) is 0 Å². The lowest BCUT2D eigenvalue weighted by Crippen LogP contribution is -2.27. The van der Waals surface area contributed by atoms with Crippen molar-refractivity contribution in [2.45, 2.75) is 57.4 Å². The van der Waals surface area contributed by atoms with Gasteiger partial charge < -0.3 is 9.84 Å². The van der Waals surface area contributed by atoms with E-state index in [0.717, 1.165) is 0 Å². The zero-order valence-electron chi connectivity index (χ0n) is 10.8. The molecule has 0 aliphatic heterocycles. The number of halogens is 2. The van der Waals surface area contributed by atoms with Crippen LogP contribution in [0.5, 0.6) is 0 Å². The van der Waals surface area contributed by atoms with Crippen molar-refractivity contribution in [1.29, 1.82) is 0 Å². The fraction of sp³-hybridized carbons (Fsp3) is 0.769. The number of hydrogen-bond donors (Lipinski definition) is 1. The molecule has 0 radical (unpaired) electrons. The van der Waals surface area contributed by atoms with Crippen molar-refractivity contribution in [2.75, 3.05) is 0 Å². The molecule has 0 aromatic heterocycles. The second kappa shape index (κ2) is 4.02. The molecule has 0 bridgehead atoms. The summed E-state index contributed by atoms with van der Waals surface area (Å²) in [6.45, 7) is 5.26. The van der Waals surface area contributed by atoms with E-state index in [2.05, 4.69) is 0 Å². The average molecular weight is 260 g/mol. The van der Waals surface area contributed by atoms with Crippen molar-refractivity contribution in [3.8, 4) is 0 Å². The molecule has 5 heteroatoms. The molecule has 0 heterocycles. The Bertz CT molecular complexity index is 411. The SMILES string of the molecule is CC(C)(C)OC(=O)C1CC1(O)CCC1=C(F)C1F. The summed E-state index contributed by atoms with van der Waals surface area (Å²) in [7, 11) is 0. The number of carbonyl (C=O) groups is 1. The Morgan fingerprint density at radius 2 is 2.11 bits per heavy atom. The topological polar surface area (TPSA) is 46.5 Å². The Kier molecular flexibility index (Phi) is 3.00. The van der Waals surface area contributed by atoms with E-state index in [-0.39, 0.29) is 18.4 Å². The van der Waals surface area contributed by atoms with Crippen LogP contribution in [0.2, 0.25) is 0 Å². The Morgan fingerprint density at radius 3 is 2.56 bits per heavy atom. The lowest BCUT2D eigenvalue weighted by Gasteiger charge is -2.20. The van der Waals surface area contributed by atoms with E-state index in [4.69, 9.17) is 4.74 Å². The van der Waals surface area contributed by atoms with Gasteiger partial charge in [0.05, 0.1) is 11.5 Å². The standard InChI is InChI=1S/C13H18F2O3/c1-12(2,3)18-11(16)8-6-13(8,17)5-4-7-9(14)10(7)15/h8-9,17H,4-6H2,1-3H3. The highest BCUT2D eigenvalue weighted by Gasteiger charge is 2.59. The number of alkyl halides is 1. The van der Waals surface area contributed by atoms with E-state index in [1.807, 2.05) is 0 Å². The molecule has 1 N–H and O–H groups in total. The maximum atomic E-state index is 12.6. The van der Waals surface area contributed by atoms with Crippen LogP contribution in [0.4, 0.5) is 8.78 Å². The van der Waals surface area contributed by atoms with Crippen LogP contribution in [-0.4, -0.2) is 28.4 Å². The van der Waals surface area contributed by atoms with Gasteiger partial charge in [-0.1, -0.05) is 0 Å². The summed E-state index contributed by atoms with van der Waals surface area (Å²) in [5.41, 5.74) is -1.61. The third-order valence-corrected chi connectivity index (χ3v) is 3.32. The molecular formula is C13H18F2O3. The van der Waals surface area contributed by atoms with E-state index in [9.17, 15) is 18.7 Å². The van der Waals surface area contributed by atoms with Gasteiger partial charge in [0.25, 0.3) is 0 Å². The first-order valence-electron chi connectivity index (χ1n) is 6.12. The molecule has 1 saturated carbocycles.